The van der Waals surface area contributed by atoms with Gasteiger partial charge < -0.3 is 14.7 Å². The van der Waals surface area contributed by atoms with Crippen molar-refractivity contribution in [3.05, 3.63) is 52.7 Å². The van der Waals surface area contributed by atoms with Crippen LogP contribution in [0.25, 0.3) is 0 Å². The number of hydrogen-bond acceptors (Lipinski definition) is 4. The van der Waals surface area contributed by atoms with Crippen LogP contribution in [0.3, 0.4) is 0 Å². The normalized spacial score (nSPS) is 21.9. The highest BCUT2D eigenvalue weighted by Gasteiger charge is 2.41. The standard InChI is InChI=1S/C20H24FN3O3/c1-11-18(12(2)27-23-11)19(25)22-15-9-16(13-5-7-14(21)8-6-13)17(10-15)20(26)24(3)4/h5-8,15-17H,9-10H2,1-4H3,(H,22,25)/t15-,16+,17-/m0/s1. The summed E-state index contributed by atoms with van der Waals surface area (Å²) >= 11 is 0. The second-order valence-corrected chi connectivity index (χ2v) is 7.34. The quantitative estimate of drug-likeness (QED) is 0.894. The van der Waals surface area contributed by atoms with E-state index in [0.717, 1.165) is 5.56 Å². The Morgan fingerprint density at radius 2 is 1.85 bits per heavy atom. The number of halogens is 1. The number of aryl methyl sites for hydroxylation is 2. The van der Waals surface area contributed by atoms with E-state index in [-0.39, 0.29) is 35.5 Å². The lowest BCUT2D eigenvalue weighted by Gasteiger charge is -2.22. The summed E-state index contributed by atoms with van der Waals surface area (Å²) in [5, 5.41) is 6.83. The summed E-state index contributed by atoms with van der Waals surface area (Å²) in [7, 11) is 3.44. The number of aromatic nitrogens is 1. The molecule has 2 amide bonds. The van der Waals surface area contributed by atoms with Crippen LogP contribution in [0.4, 0.5) is 4.39 Å². The SMILES string of the molecule is Cc1noc(C)c1C(=O)N[C@@H]1C[C@H](C(=O)N(C)C)[C@@H](c2ccc(F)cc2)C1. The van der Waals surface area contributed by atoms with Crippen LogP contribution in [-0.4, -0.2) is 42.0 Å². The lowest BCUT2D eigenvalue weighted by molar-refractivity contribution is -0.133. The Balaban J connectivity index is 1.81. The molecular weight excluding hydrogens is 349 g/mol. The van der Waals surface area contributed by atoms with Crippen molar-refractivity contribution in [2.45, 2.75) is 38.6 Å². The largest absolute Gasteiger partial charge is 0.361 e. The van der Waals surface area contributed by atoms with Crippen LogP contribution in [0.1, 0.15) is 46.1 Å². The highest BCUT2D eigenvalue weighted by molar-refractivity contribution is 5.96. The third-order valence-corrected chi connectivity index (χ3v) is 5.21. The van der Waals surface area contributed by atoms with Crippen LogP contribution in [0.2, 0.25) is 0 Å². The van der Waals surface area contributed by atoms with Gasteiger partial charge in [0.2, 0.25) is 5.91 Å². The predicted octanol–water partition coefficient (Wildman–Crippen LogP) is 2.81. The lowest BCUT2D eigenvalue weighted by Crippen LogP contribution is -2.35. The molecule has 3 rings (SSSR count). The third kappa shape index (κ3) is 3.86. The van der Waals surface area contributed by atoms with Crippen molar-refractivity contribution in [1.82, 2.24) is 15.4 Å². The monoisotopic (exact) mass is 373 g/mol. The molecule has 1 N–H and O–H groups in total. The molecule has 1 aliphatic carbocycles. The smallest absolute Gasteiger partial charge is 0.257 e. The summed E-state index contributed by atoms with van der Waals surface area (Å²) in [6.45, 7) is 3.42. The molecule has 1 fully saturated rings. The molecule has 0 unspecified atom stereocenters. The van der Waals surface area contributed by atoms with Crippen LogP contribution < -0.4 is 5.32 Å². The molecule has 0 spiro atoms. The average molecular weight is 373 g/mol. The molecule has 6 nitrogen and oxygen atoms in total. The summed E-state index contributed by atoms with van der Waals surface area (Å²) in [6.07, 6.45) is 1.15. The summed E-state index contributed by atoms with van der Waals surface area (Å²) in [4.78, 5) is 26.9. The Morgan fingerprint density at radius 3 is 2.41 bits per heavy atom. The maximum atomic E-state index is 13.3. The number of carbonyl (C=O) groups is 2. The summed E-state index contributed by atoms with van der Waals surface area (Å²) in [5.41, 5.74) is 1.89. The predicted molar refractivity (Wildman–Crippen MR) is 97.8 cm³/mol. The van der Waals surface area contributed by atoms with E-state index in [0.29, 0.717) is 29.9 Å². The van der Waals surface area contributed by atoms with Gasteiger partial charge in [0.05, 0.1) is 5.69 Å². The second kappa shape index (κ2) is 7.50. The van der Waals surface area contributed by atoms with Gasteiger partial charge in [0.25, 0.3) is 5.91 Å². The number of hydrogen-bond donors (Lipinski definition) is 1. The maximum absolute atomic E-state index is 13.3. The van der Waals surface area contributed by atoms with E-state index < -0.39 is 0 Å². The van der Waals surface area contributed by atoms with Crippen LogP contribution in [0, 0.1) is 25.6 Å². The fraction of sp³-hybridized carbons (Fsp3) is 0.450. The first kappa shape index (κ1) is 19.1. The zero-order valence-electron chi connectivity index (χ0n) is 16.0. The van der Waals surface area contributed by atoms with Crippen molar-refractivity contribution in [2.75, 3.05) is 14.1 Å². The van der Waals surface area contributed by atoms with Crippen molar-refractivity contribution >= 4 is 11.8 Å². The van der Waals surface area contributed by atoms with E-state index >= 15 is 0 Å². The number of amides is 2. The minimum Gasteiger partial charge on any atom is -0.361 e. The van der Waals surface area contributed by atoms with E-state index in [4.69, 9.17) is 4.52 Å². The van der Waals surface area contributed by atoms with Crippen molar-refractivity contribution < 1.29 is 18.5 Å². The molecule has 2 aromatic rings. The first-order valence-corrected chi connectivity index (χ1v) is 8.98. The molecule has 1 heterocycles. The number of nitrogens with zero attached hydrogens (tertiary/aromatic N) is 2. The number of benzene rings is 1. The fourth-order valence-electron chi connectivity index (χ4n) is 3.90. The zero-order valence-corrected chi connectivity index (χ0v) is 16.0. The van der Waals surface area contributed by atoms with Gasteiger partial charge in [0, 0.05) is 26.1 Å². The highest BCUT2D eigenvalue weighted by atomic mass is 19.1. The molecule has 1 aliphatic rings. The molecule has 144 valence electrons. The lowest BCUT2D eigenvalue weighted by atomic mass is 9.88. The molecule has 1 aromatic heterocycles. The molecule has 1 saturated carbocycles. The molecule has 0 aliphatic heterocycles. The number of carbonyl (C=O) groups excluding carboxylic acids is 2. The van der Waals surface area contributed by atoms with Gasteiger partial charge in [-0.2, -0.15) is 0 Å². The third-order valence-electron chi connectivity index (χ3n) is 5.21. The Labute approximate surface area is 157 Å². The Bertz CT molecular complexity index is 825. The van der Waals surface area contributed by atoms with Gasteiger partial charge in [-0.05, 0) is 50.3 Å². The van der Waals surface area contributed by atoms with E-state index in [1.165, 1.54) is 12.1 Å². The van der Waals surface area contributed by atoms with Gasteiger partial charge in [-0.1, -0.05) is 17.3 Å². The van der Waals surface area contributed by atoms with E-state index in [9.17, 15) is 14.0 Å². The fourth-order valence-corrected chi connectivity index (χ4v) is 3.90. The molecule has 0 saturated heterocycles. The molecule has 1 aromatic carbocycles. The van der Waals surface area contributed by atoms with Crippen molar-refractivity contribution in [3.63, 3.8) is 0 Å². The van der Waals surface area contributed by atoms with Gasteiger partial charge in [-0.3, -0.25) is 9.59 Å². The topological polar surface area (TPSA) is 75.4 Å². The minimum absolute atomic E-state index is 0.0124. The molecule has 7 heteroatoms. The van der Waals surface area contributed by atoms with Gasteiger partial charge in [0.1, 0.15) is 17.1 Å². The highest BCUT2D eigenvalue weighted by Crippen LogP contribution is 2.41. The summed E-state index contributed by atoms with van der Waals surface area (Å²) in [6, 6.07) is 6.09. The van der Waals surface area contributed by atoms with Crippen LogP contribution in [0.15, 0.2) is 28.8 Å². The first-order chi connectivity index (χ1) is 12.8. The van der Waals surface area contributed by atoms with E-state index in [1.807, 2.05) is 0 Å². The number of nitrogens with one attached hydrogen (secondary N) is 1. The van der Waals surface area contributed by atoms with Gasteiger partial charge in [-0.25, -0.2) is 4.39 Å². The van der Waals surface area contributed by atoms with E-state index in [1.54, 1.807) is 45.0 Å². The first-order valence-electron chi connectivity index (χ1n) is 8.98. The van der Waals surface area contributed by atoms with E-state index in [2.05, 4.69) is 10.5 Å². The van der Waals surface area contributed by atoms with Gasteiger partial charge in [0.15, 0.2) is 0 Å². The number of rotatable bonds is 4. The van der Waals surface area contributed by atoms with Crippen molar-refractivity contribution in [3.8, 4) is 0 Å². The summed E-state index contributed by atoms with van der Waals surface area (Å²) < 4.78 is 18.4. The van der Waals surface area contributed by atoms with Gasteiger partial charge >= 0.3 is 0 Å². The zero-order chi connectivity index (χ0) is 19.7. The van der Waals surface area contributed by atoms with Gasteiger partial charge in [-0.15, -0.1) is 0 Å². The molecule has 0 bridgehead atoms. The molecular formula is C20H24FN3O3. The Morgan fingerprint density at radius 1 is 1.19 bits per heavy atom. The second-order valence-electron chi connectivity index (χ2n) is 7.34. The molecule has 0 radical (unpaired) electrons. The average Bonchev–Trinajstić information content (AvgIpc) is 3.18. The van der Waals surface area contributed by atoms with Crippen molar-refractivity contribution in [1.29, 1.82) is 0 Å². The maximum Gasteiger partial charge on any atom is 0.257 e. The molecule has 3 atom stereocenters. The van der Waals surface area contributed by atoms with Crippen LogP contribution in [-0.2, 0) is 4.79 Å². The molecule has 27 heavy (non-hydrogen) atoms. The van der Waals surface area contributed by atoms with Crippen molar-refractivity contribution in [2.24, 2.45) is 5.92 Å². The van der Waals surface area contributed by atoms with Crippen LogP contribution in [0.5, 0.6) is 0 Å². The minimum atomic E-state index is -0.310. The Hall–Kier alpha value is -2.70. The summed E-state index contributed by atoms with van der Waals surface area (Å²) in [5.74, 6) is -0.407. The Kier molecular flexibility index (Phi) is 5.30. The van der Waals surface area contributed by atoms with Crippen LogP contribution >= 0.6 is 0 Å².